The van der Waals surface area contributed by atoms with Crippen LogP contribution >= 0.6 is 11.5 Å². The van der Waals surface area contributed by atoms with Crippen molar-refractivity contribution in [3.05, 3.63) is 41.1 Å². The van der Waals surface area contributed by atoms with Crippen molar-refractivity contribution >= 4 is 28.2 Å². The van der Waals surface area contributed by atoms with Crippen molar-refractivity contribution in [3.8, 4) is 0 Å². The number of aromatic nitrogens is 1. The van der Waals surface area contributed by atoms with Crippen molar-refractivity contribution in [3.63, 3.8) is 0 Å². The lowest BCUT2D eigenvalue weighted by Gasteiger charge is -2.08. The van der Waals surface area contributed by atoms with E-state index in [2.05, 4.69) is 9.69 Å². The Kier molecular flexibility index (Phi) is 4.29. The van der Waals surface area contributed by atoms with Gasteiger partial charge in [0.1, 0.15) is 22.2 Å². The molecule has 0 aliphatic heterocycles. The molecule has 4 nitrogen and oxygen atoms in total. The van der Waals surface area contributed by atoms with Gasteiger partial charge >= 0.3 is 5.97 Å². The molecular formula is C13H12F2N2O2S. The Morgan fingerprint density at radius 3 is 2.90 bits per heavy atom. The molecular weight excluding hydrogens is 286 g/mol. The average Bonchev–Trinajstić information content (AvgIpc) is 2.75. The molecule has 7 heteroatoms. The summed E-state index contributed by atoms with van der Waals surface area (Å²) in [6, 6.07) is 3.04. The summed E-state index contributed by atoms with van der Waals surface area (Å²) >= 11 is 0.989. The van der Waals surface area contributed by atoms with Gasteiger partial charge in [-0.1, -0.05) is 0 Å². The van der Waals surface area contributed by atoms with Crippen molar-refractivity contribution in [2.75, 3.05) is 11.9 Å². The van der Waals surface area contributed by atoms with Crippen LogP contribution in [0.1, 0.15) is 23.0 Å². The molecule has 1 aromatic heterocycles. The standard InChI is InChI=1S/C13H12F2N2O2S/c1-3-19-13(18)11-7(2)17-20-12(11)16-10-6-8(14)4-5-9(10)15/h4-6,16H,3H2,1-2H3. The summed E-state index contributed by atoms with van der Waals surface area (Å²) in [5, 5.41) is 3.01. The van der Waals surface area contributed by atoms with Crippen LogP contribution in [0.3, 0.4) is 0 Å². The second-order valence-electron chi connectivity index (χ2n) is 3.94. The molecule has 0 spiro atoms. The molecule has 106 valence electrons. The van der Waals surface area contributed by atoms with E-state index in [4.69, 9.17) is 4.74 Å². The number of nitrogens with one attached hydrogen (secondary N) is 1. The fourth-order valence-corrected chi connectivity index (χ4v) is 2.41. The van der Waals surface area contributed by atoms with Gasteiger partial charge in [-0.05, 0) is 37.5 Å². The number of nitrogens with zero attached hydrogens (tertiary/aromatic N) is 1. The number of carbonyl (C=O) groups is 1. The number of anilines is 2. The Labute approximate surface area is 118 Å². The predicted molar refractivity (Wildman–Crippen MR) is 72.4 cm³/mol. The number of halogens is 2. The molecule has 0 saturated heterocycles. The summed E-state index contributed by atoms with van der Waals surface area (Å²) in [4.78, 5) is 11.8. The number of rotatable bonds is 4. The Balaban J connectivity index is 2.34. The van der Waals surface area contributed by atoms with Crippen LogP contribution in [0.4, 0.5) is 19.5 Å². The highest BCUT2D eigenvalue weighted by Crippen LogP contribution is 2.30. The van der Waals surface area contributed by atoms with E-state index in [0.29, 0.717) is 10.7 Å². The van der Waals surface area contributed by atoms with E-state index in [9.17, 15) is 13.6 Å². The van der Waals surface area contributed by atoms with Gasteiger partial charge in [-0.3, -0.25) is 0 Å². The third kappa shape index (κ3) is 2.93. The van der Waals surface area contributed by atoms with Crippen molar-refractivity contribution in [2.45, 2.75) is 13.8 Å². The second kappa shape index (κ2) is 5.96. The number of aryl methyl sites for hydroxylation is 1. The Morgan fingerprint density at radius 1 is 1.45 bits per heavy atom. The van der Waals surface area contributed by atoms with Crippen molar-refractivity contribution in [1.82, 2.24) is 4.37 Å². The molecule has 2 rings (SSSR count). The van der Waals surface area contributed by atoms with Gasteiger partial charge in [0.25, 0.3) is 0 Å². The summed E-state index contributed by atoms with van der Waals surface area (Å²) in [7, 11) is 0. The smallest absolute Gasteiger partial charge is 0.343 e. The third-order valence-corrected chi connectivity index (χ3v) is 3.37. The van der Waals surface area contributed by atoms with Crippen LogP contribution in [0.5, 0.6) is 0 Å². The molecule has 1 aromatic carbocycles. The molecule has 1 N–H and O–H groups in total. The summed E-state index contributed by atoms with van der Waals surface area (Å²) in [6.07, 6.45) is 0. The van der Waals surface area contributed by atoms with Crippen molar-refractivity contribution in [1.29, 1.82) is 0 Å². The maximum absolute atomic E-state index is 13.6. The average molecular weight is 298 g/mol. The van der Waals surface area contributed by atoms with Gasteiger partial charge in [0.05, 0.1) is 18.0 Å². The van der Waals surface area contributed by atoms with Gasteiger partial charge in [-0.2, -0.15) is 4.37 Å². The minimum atomic E-state index is -0.618. The highest BCUT2D eigenvalue weighted by atomic mass is 32.1. The number of hydrogen-bond donors (Lipinski definition) is 1. The van der Waals surface area contributed by atoms with E-state index in [-0.39, 0.29) is 17.9 Å². The van der Waals surface area contributed by atoms with Gasteiger partial charge in [0.2, 0.25) is 0 Å². The first-order valence-corrected chi connectivity index (χ1v) is 6.65. The number of ether oxygens (including phenoxy) is 1. The van der Waals surface area contributed by atoms with E-state index in [1.165, 1.54) is 0 Å². The minimum Gasteiger partial charge on any atom is -0.462 e. The third-order valence-electron chi connectivity index (χ3n) is 2.52. The number of benzene rings is 1. The Hall–Kier alpha value is -2.02. The summed E-state index contributed by atoms with van der Waals surface area (Å²) in [5.74, 6) is -1.74. The van der Waals surface area contributed by atoms with Gasteiger partial charge in [-0.15, -0.1) is 0 Å². The van der Waals surface area contributed by atoms with Crippen LogP contribution in [0.25, 0.3) is 0 Å². The molecule has 0 bridgehead atoms. The molecule has 0 aliphatic carbocycles. The summed E-state index contributed by atoms with van der Waals surface area (Å²) < 4.78 is 35.7. The SMILES string of the molecule is CCOC(=O)c1c(C)nsc1Nc1cc(F)ccc1F. The molecule has 0 radical (unpaired) electrons. The van der Waals surface area contributed by atoms with E-state index >= 15 is 0 Å². The molecule has 0 amide bonds. The molecule has 0 aliphatic rings. The quantitative estimate of drug-likeness (QED) is 0.875. The topological polar surface area (TPSA) is 51.2 Å². The van der Waals surface area contributed by atoms with Crippen LogP contribution in [0, 0.1) is 18.6 Å². The molecule has 0 fully saturated rings. The lowest BCUT2D eigenvalue weighted by molar-refractivity contribution is 0.0527. The van der Waals surface area contributed by atoms with E-state index in [1.54, 1.807) is 13.8 Å². The fourth-order valence-electron chi connectivity index (χ4n) is 1.61. The van der Waals surface area contributed by atoms with Crippen LogP contribution < -0.4 is 5.32 Å². The minimum absolute atomic E-state index is 0.0563. The molecule has 0 unspecified atom stereocenters. The van der Waals surface area contributed by atoms with E-state index in [1.807, 2.05) is 0 Å². The maximum Gasteiger partial charge on any atom is 0.343 e. The first kappa shape index (κ1) is 14.4. The number of carbonyl (C=O) groups excluding carboxylic acids is 1. The van der Waals surface area contributed by atoms with Gasteiger partial charge in [0.15, 0.2) is 0 Å². The second-order valence-corrected chi connectivity index (χ2v) is 4.72. The monoisotopic (exact) mass is 298 g/mol. The molecule has 1 heterocycles. The zero-order chi connectivity index (χ0) is 14.7. The number of hydrogen-bond acceptors (Lipinski definition) is 5. The molecule has 0 atom stereocenters. The largest absolute Gasteiger partial charge is 0.462 e. The highest BCUT2D eigenvalue weighted by molar-refractivity contribution is 7.10. The Bertz CT molecular complexity index is 643. The lowest BCUT2D eigenvalue weighted by Crippen LogP contribution is -2.08. The van der Waals surface area contributed by atoms with E-state index in [0.717, 1.165) is 29.7 Å². The maximum atomic E-state index is 13.6. The van der Waals surface area contributed by atoms with Crippen LogP contribution in [0.2, 0.25) is 0 Å². The fraction of sp³-hybridized carbons (Fsp3) is 0.231. The van der Waals surface area contributed by atoms with Crippen molar-refractivity contribution < 1.29 is 18.3 Å². The zero-order valence-corrected chi connectivity index (χ0v) is 11.7. The van der Waals surface area contributed by atoms with Crippen LogP contribution in [-0.4, -0.2) is 16.9 Å². The van der Waals surface area contributed by atoms with E-state index < -0.39 is 17.6 Å². The van der Waals surface area contributed by atoms with Gasteiger partial charge in [-0.25, -0.2) is 13.6 Å². The molecule has 20 heavy (non-hydrogen) atoms. The van der Waals surface area contributed by atoms with Gasteiger partial charge in [0, 0.05) is 6.07 Å². The summed E-state index contributed by atoms with van der Waals surface area (Å²) in [5.41, 5.74) is 0.660. The summed E-state index contributed by atoms with van der Waals surface area (Å²) in [6.45, 7) is 3.56. The first-order chi connectivity index (χ1) is 9.52. The van der Waals surface area contributed by atoms with Crippen LogP contribution in [0.15, 0.2) is 18.2 Å². The lowest BCUT2D eigenvalue weighted by atomic mass is 10.2. The zero-order valence-electron chi connectivity index (χ0n) is 10.9. The highest BCUT2D eigenvalue weighted by Gasteiger charge is 2.20. The van der Waals surface area contributed by atoms with Gasteiger partial charge < -0.3 is 10.1 Å². The predicted octanol–water partition coefficient (Wildman–Crippen LogP) is 3.65. The molecule has 0 saturated carbocycles. The Morgan fingerprint density at radius 2 is 2.20 bits per heavy atom. The first-order valence-electron chi connectivity index (χ1n) is 5.88. The van der Waals surface area contributed by atoms with Crippen LogP contribution in [-0.2, 0) is 4.74 Å². The normalized spacial score (nSPS) is 10.4. The number of esters is 1. The van der Waals surface area contributed by atoms with Crippen molar-refractivity contribution in [2.24, 2.45) is 0 Å². The molecule has 2 aromatic rings.